The Hall–Kier alpha value is -1.17. The average molecular weight is 345 g/mol. The monoisotopic (exact) mass is 344 g/mol. The molecule has 0 saturated carbocycles. The van der Waals surface area contributed by atoms with Gasteiger partial charge in [-0.25, -0.2) is 4.39 Å². The van der Waals surface area contributed by atoms with E-state index in [9.17, 15) is 18.3 Å². The first-order valence-corrected chi connectivity index (χ1v) is 7.78. The van der Waals surface area contributed by atoms with E-state index in [-0.39, 0.29) is 11.1 Å². The van der Waals surface area contributed by atoms with Crippen molar-refractivity contribution in [2.45, 2.75) is 34.9 Å². The molecule has 1 N–H and O–H groups in total. The van der Waals surface area contributed by atoms with Crippen molar-refractivity contribution in [1.29, 1.82) is 0 Å². The molecule has 2 aromatic rings. The third-order valence-electron chi connectivity index (χ3n) is 3.72. The van der Waals surface area contributed by atoms with Crippen LogP contribution in [0.15, 0.2) is 46.2 Å². The van der Waals surface area contributed by atoms with Crippen LogP contribution in [0.5, 0.6) is 0 Å². The minimum atomic E-state index is -3.81. The molecule has 1 aliphatic rings. The molecule has 0 spiro atoms. The fourth-order valence-corrected chi connectivity index (χ4v) is 3.92. The van der Waals surface area contributed by atoms with E-state index in [1.807, 2.05) is 0 Å². The summed E-state index contributed by atoms with van der Waals surface area (Å²) in [5, 5.41) is 10.3. The number of alkyl halides is 3. The first-order chi connectivity index (χ1) is 10.3. The van der Waals surface area contributed by atoms with Gasteiger partial charge in [0.2, 0.25) is 0 Å². The van der Waals surface area contributed by atoms with Gasteiger partial charge in [-0.15, -0.1) is 0 Å². The number of aliphatic hydroxyl groups is 1. The Morgan fingerprint density at radius 2 is 1.91 bits per heavy atom. The van der Waals surface area contributed by atoms with Crippen molar-refractivity contribution in [2.75, 3.05) is 0 Å². The summed E-state index contributed by atoms with van der Waals surface area (Å²) < 4.78 is 41.9. The first kappa shape index (κ1) is 15.7. The molecule has 0 amide bonds. The predicted molar refractivity (Wildman–Crippen MR) is 80.5 cm³/mol. The van der Waals surface area contributed by atoms with Gasteiger partial charge in [0.05, 0.1) is 0 Å². The Kier molecular flexibility index (Phi) is 3.91. The topological polar surface area (TPSA) is 20.2 Å². The van der Waals surface area contributed by atoms with Gasteiger partial charge >= 0.3 is 5.92 Å². The third kappa shape index (κ3) is 2.41. The molecule has 2 atom stereocenters. The zero-order valence-corrected chi connectivity index (χ0v) is 13.1. The highest BCUT2D eigenvalue weighted by Gasteiger charge is 2.57. The van der Waals surface area contributed by atoms with Crippen LogP contribution in [0.3, 0.4) is 0 Å². The molecule has 0 bridgehead atoms. The molecule has 0 heterocycles. The van der Waals surface area contributed by atoms with Crippen molar-refractivity contribution in [2.24, 2.45) is 0 Å². The zero-order chi connectivity index (χ0) is 16.1. The molecule has 0 saturated heterocycles. The molecular weight excluding hydrogens is 333 g/mol. The third-order valence-corrected chi connectivity index (χ3v) is 5.02. The smallest absolute Gasteiger partial charge is 0.312 e. The number of fused-ring (bicyclic) bond motifs is 1. The Labute approximate surface area is 135 Å². The molecule has 1 nitrogen and oxygen atoms in total. The summed E-state index contributed by atoms with van der Waals surface area (Å²) in [6, 6.07) is 10.1. The number of hydrogen-bond donors (Lipinski definition) is 1. The Morgan fingerprint density at radius 3 is 2.59 bits per heavy atom. The minimum Gasteiger partial charge on any atom is -0.382 e. The number of aliphatic hydroxyl groups excluding tert-OH is 1. The highest BCUT2D eigenvalue weighted by atomic mass is 35.5. The summed E-state index contributed by atoms with van der Waals surface area (Å²) in [6.45, 7) is 1.59. The van der Waals surface area contributed by atoms with Crippen molar-refractivity contribution >= 4 is 23.4 Å². The lowest BCUT2D eigenvalue weighted by Crippen LogP contribution is -2.24. The van der Waals surface area contributed by atoms with Gasteiger partial charge in [-0.3, -0.25) is 0 Å². The molecule has 0 fully saturated rings. The number of hydrogen-bond acceptors (Lipinski definition) is 2. The molecule has 0 aromatic heterocycles. The van der Waals surface area contributed by atoms with Crippen LogP contribution < -0.4 is 0 Å². The van der Waals surface area contributed by atoms with Gasteiger partial charge in [-0.2, -0.15) is 8.78 Å². The van der Waals surface area contributed by atoms with Gasteiger partial charge in [-0.05, 0) is 42.3 Å². The Morgan fingerprint density at radius 1 is 1.18 bits per heavy atom. The van der Waals surface area contributed by atoms with Crippen molar-refractivity contribution in [1.82, 2.24) is 0 Å². The van der Waals surface area contributed by atoms with Gasteiger partial charge < -0.3 is 5.11 Å². The summed E-state index contributed by atoms with van der Waals surface area (Å²) in [6.07, 6.45) is -4.63. The molecule has 2 aromatic carbocycles. The first-order valence-electron chi connectivity index (χ1n) is 6.59. The molecule has 0 aliphatic heterocycles. The Bertz CT molecular complexity index is 735. The van der Waals surface area contributed by atoms with Crippen molar-refractivity contribution in [3.63, 3.8) is 0 Å². The van der Waals surface area contributed by atoms with E-state index in [1.54, 1.807) is 43.3 Å². The van der Waals surface area contributed by atoms with Crippen LogP contribution >= 0.6 is 23.4 Å². The minimum absolute atomic E-state index is 0.00970. The second-order valence-corrected chi connectivity index (χ2v) is 6.76. The predicted octanol–water partition coefficient (Wildman–Crippen LogP) is 5.49. The summed E-state index contributed by atoms with van der Waals surface area (Å²) in [7, 11) is 0. The van der Waals surface area contributed by atoms with Gasteiger partial charge in [0, 0.05) is 20.4 Å². The molecule has 0 radical (unpaired) electrons. The van der Waals surface area contributed by atoms with Crippen LogP contribution in [-0.2, 0) is 0 Å². The fraction of sp³-hybridized carbons (Fsp3) is 0.250. The molecule has 22 heavy (non-hydrogen) atoms. The Balaban J connectivity index is 2.09. The summed E-state index contributed by atoms with van der Waals surface area (Å²) in [4.78, 5) is 1.09. The maximum Gasteiger partial charge on any atom is 0.312 e. The highest BCUT2D eigenvalue weighted by molar-refractivity contribution is 7.99. The lowest BCUT2D eigenvalue weighted by Gasteiger charge is -2.16. The van der Waals surface area contributed by atoms with Crippen molar-refractivity contribution < 1.29 is 18.3 Å². The largest absolute Gasteiger partial charge is 0.382 e. The van der Waals surface area contributed by atoms with Crippen LogP contribution in [-0.4, -0.2) is 11.0 Å². The normalized spacial score (nSPS) is 22.6. The van der Waals surface area contributed by atoms with Crippen LogP contribution in [0.2, 0.25) is 5.02 Å². The molecule has 6 heteroatoms. The van der Waals surface area contributed by atoms with E-state index in [2.05, 4.69) is 0 Å². The number of aryl methyl sites for hydroxylation is 1. The van der Waals surface area contributed by atoms with Crippen LogP contribution in [0.25, 0.3) is 0 Å². The van der Waals surface area contributed by atoms with E-state index in [0.717, 1.165) is 16.7 Å². The highest BCUT2D eigenvalue weighted by Crippen LogP contribution is 2.56. The average Bonchev–Trinajstić information content (AvgIpc) is 2.64. The molecule has 1 aliphatic carbocycles. The molecule has 3 rings (SSSR count). The second kappa shape index (κ2) is 5.48. The number of halogens is 4. The van der Waals surface area contributed by atoms with Crippen molar-refractivity contribution in [3.05, 3.63) is 58.1 Å². The standard InChI is InChI=1S/C16H12ClF3OS/c1-8-5-6-11(22-10-4-2-3-9(17)7-10)13-12(8)15(21)16(19,20)14(13)18/h2-7,14-15,21H,1H3/t14-,15+/m1/s1. The zero-order valence-electron chi connectivity index (χ0n) is 11.5. The quantitative estimate of drug-likeness (QED) is 0.777. The fourth-order valence-electron chi connectivity index (χ4n) is 2.62. The van der Waals surface area contributed by atoms with E-state index >= 15 is 0 Å². The van der Waals surface area contributed by atoms with Crippen molar-refractivity contribution in [3.8, 4) is 0 Å². The van der Waals surface area contributed by atoms with Crippen LogP contribution in [0.1, 0.15) is 29.0 Å². The van der Waals surface area contributed by atoms with Gasteiger partial charge in [0.15, 0.2) is 6.17 Å². The van der Waals surface area contributed by atoms with Crippen LogP contribution in [0, 0.1) is 6.92 Å². The molecule has 0 unspecified atom stereocenters. The van der Waals surface area contributed by atoms with E-state index in [4.69, 9.17) is 11.6 Å². The summed E-state index contributed by atoms with van der Waals surface area (Å²) in [5.74, 6) is -3.81. The lowest BCUT2D eigenvalue weighted by atomic mass is 10.0. The SMILES string of the molecule is Cc1ccc(Sc2cccc(Cl)c2)c2c1[C@H](O)C(F)(F)[C@@H]2F. The lowest BCUT2D eigenvalue weighted by molar-refractivity contribution is -0.143. The van der Waals surface area contributed by atoms with E-state index in [0.29, 0.717) is 15.5 Å². The van der Waals surface area contributed by atoms with Gasteiger partial charge in [-0.1, -0.05) is 35.5 Å². The van der Waals surface area contributed by atoms with Gasteiger partial charge in [0.25, 0.3) is 0 Å². The summed E-state index contributed by atoms with van der Waals surface area (Å²) >= 11 is 7.06. The maximum atomic E-state index is 14.2. The second-order valence-electron chi connectivity index (χ2n) is 5.21. The van der Waals surface area contributed by atoms with E-state index < -0.39 is 18.2 Å². The summed E-state index contributed by atoms with van der Waals surface area (Å²) in [5.41, 5.74) is 0.324. The van der Waals surface area contributed by atoms with Gasteiger partial charge in [0.1, 0.15) is 6.10 Å². The van der Waals surface area contributed by atoms with Crippen LogP contribution in [0.4, 0.5) is 13.2 Å². The maximum absolute atomic E-state index is 14.2. The molecular formula is C16H12ClF3OS. The molecule has 116 valence electrons. The number of benzene rings is 2. The van der Waals surface area contributed by atoms with E-state index in [1.165, 1.54) is 0 Å². The number of rotatable bonds is 2.